The van der Waals surface area contributed by atoms with Crippen LogP contribution >= 0.6 is 0 Å². The van der Waals surface area contributed by atoms with Crippen molar-refractivity contribution in [2.45, 2.75) is 26.7 Å². The van der Waals surface area contributed by atoms with Gasteiger partial charge in [0.05, 0.1) is 0 Å². The molecule has 0 saturated heterocycles. The summed E-state index contributed by atoms with van der Waals surface area (Å²) in [5.74, 6) is 0.0652. The van der Waals surface area contributed by atoms with Crippen LogP contribution in [0.5, 0.6) is 0 Å². The van der Waals surface area contributed by atoms with Gasteiger partial charge >= 0.3 is 0 Å². The minimum Gasteiger partial charge on any atom is -0.300 e. The normalized spacial score (nSPS) is 9.88. The van der Waals surface area contributed by atoms with Crippen molar-refractivity contribution in [3.63, 3.8) is 0 Å². The molecule has 0 heterocycles. The Hall–Kier alpha value is -1.70. The van der Waals surface area contributed by atoms with Crippen molar-refractivity contribution in [3.8, 4) is 0 Å². The number of carbonyl (C=O) groups excluding carboxylic acids is 2. The van der Waals surface area contributed by atoms with Crippen LogP contribution in [0.25, 0.3) is 5.57 Å². The van der Waals surface area contributed by atoms with Gasteiger partial charge in [-0.15, -0.1) is 0 Å². The number of rotatable bonds is 5. The van der Waals surface area contributed by atoms with E-state index in [9.17, 15) is 9.59 Å². The SMILES string of the molecule is C=C(C)c1ccc(C(=O)CCC(C)=O)cc1. The Bertz CT molecular complexity index is 413. The standard InChI is InChI=1S/C14H16O2/c1-10(2)12-5-7-13(8-6-12)14(16)9-4-11(3)15/h5-8H,1,4,9H2,2-3H3. The number of Topliss-reactive ketones (excluding diaryl/α,β-unsaturated/α-hetero) is 2. The van der Waals surface area contributed by atoms with Crippen LogP contribution in [0.2, 0.25) is 0 Å². The molecule has 0 unspecified atom stereocenters. The molecule has 2 heteroatoms. The van der Waals surface area contributed by atoms with E-state index in [-0.39, 0.29) is 11.6 Å². The van der Waals surface area contributed by atoms with E-state index >= 15 is 0 Å². The smallest absolute Gasteiger partial charge is 0.163 e. The highest BCUT2D eigenvalue weighted by Crippen LogP contribution is 2.13. The molecule has 0 N–H and O–H groups in total. The van der Waals surface area contributed by atoms with E-state index < -0.39 is 0 Å². The lowest BCUT2D eigenvalue weighted by Gasteiger charge is -2.02. The predicted molar refractivity (Wildman–Crippen MR) is 65.4 cm³/mol. The molecule has 0 spiro atoms. The average molecular weight is 216 g/mol. The van der Waals surface area contributed by atoms with Gasteiger partial charge in [-0.1, -0.05) is 36.4 Å². The average Bonchev–Trinajstić information content (AvgIpc) is 2.26. The second-order valence-corrected chi connectivity index (χ2v) is 3.98. The summed E-state index contributed by atoms with van der Waals surface area (Å²) >= 11 is 0. The summed E-state index contributed by atoms with van der Waals surface area (Å²) in [4.78, 5) is 22.4. The highest BCUT2D eigenvalue weighted by molar-refractivity contribution is 5.98. The van der Waals surface area contributed by atoms with Crippen molar-refractivity contribution in [2.24, 2.45) is 0 Å². The van der Waals surface area contributed by atoms with Gasteiger partial charge in [0.25, 0.3) is 0 Å². The molecule has 0 aromatic heterocycles. The second-order valence-electron chi connectivity index (χ2n) is 3.98. The molecule has 0 saturated carbocycles. The molecule has 0 fully saturated rings. The molecule has 0 aliphatic heterocycles. The van der Waals surface area contributed by atoms with E-state index in [1.54, 1.807) is 12.1 Å². The fraction of sp³-hybridized carbons (Fsp3) is 0.286. The van der Waals surface area contributed by atoms with Crippen molar-refractivity contribution in [2.75, 3.05) is 0 Å². The van der Waals surface area contributed by atoms with Gasteiger partial charge in [0, 0.05) is 18.4 Å². The number of benzene rings is 1. The summed E-state index contributed by atoms with van der Waals surface area (Å²) in [5.41, 5.74) is 2.66. The van der Waals surface area contributed by atoms with E-state index in [1.807, 2.05) is 19.1 Å². The van der Waals surface area contributed by atoms with Crippen molar-refractivity contribution in [1.29, 1.82) is 0 Å². The monoisotopic (exact) mass is 216 g/mol. The maximum Gasteiger partial charge on any atom is 0.163 e. The first-order chi connectivity index (χ1) is 7.50. The number of hydrogen-bond acceptors (Lipinski definition) is 2. The highest BCUT2D eigenvalue weighted by atomic mass is 16.1. The molecule has 0 atom stereocenters. The highest BCUT2D eigenvalue weighted by Gasteiger charge is 2.06. The Balaban J connectivity index is 2.70. The topological polar surface area (TPSA) is 34.1 Å². The Morgan fingerprint density at radius 3 is 1.94 bits per heavy atom. The minimum absolute atomic E-state index is 0.0171. The lowest BCUT2D eigenvalue weighted by Crippen LogP contribution is -2.02. The molecule has 0 radical (unpaired) electrons. The van der Waals surface area contributed by atoms with Crippen molar-refractivity contribution >= 4 is 17.1 Å². The summed E-state index contributed by atoms with van der Waals surface area (Å²) in [5, 5.41) is 0. The summed E-state index contributed by atoms with van der Waals surface area (Å²) in [6.45, 7) is 7.25. The maximum absolute atomic E-state index is 11.7. The molecule has 0 aliphatic rings. The molecular weight excluding hydrogens is 200 g/mol. The molecule has 2 nitrogen and oxygen atoms in total. The first-order valence-corrected chi connectivity index (χ1v) is 5.29. The molecule has 1 rings (SSSR count). The Morgan fingerprint density at radius 1 is 1.00 bits per heavy atom. The Morgan fingerprint density at radius 2 is 1.50 bits per heavy atom. The van der Waals surface area contributed by atoms with Crippen LogP contribution in [0.4, 0.5) is 0 Å². The van der Waals surface area contributed by atoms with Crippen molar-refractivity contribution in [1.82, 2.24) is 0 Å². The van der Waals surface area contributed by atoms with Crippen molar-refractivity contribution in [3.05, 3.63) is 42.0 Å². The van der Waals surface area contributed by atoms with Crippen LogP contribution in [0.1, 0.15) is 42.6 Å². The van der Waals surface area contributed by atoms with Crippen molar-refractivity contribution < 1.29 is 9.59 Å². The van der Waals surface area contributed by atoms with Crippen LogP contribution < -0.4 is 0 Å². The number of allylic oxidation sites excluding steroid dienone is 1. The van der Waals surface area contributed by atoms with Gasteiger partial charge in [0.15, 0.2) is 5.78 Å². The minimum atomic E-state index is 0.0171. The quantitative estimate of drug-likeness (QED) is 0.708. The third-order valence-electron chi connectivity index (χ3n) is 2.40. The van der Waals surface area contributed by atoms with Gasteiger partial charge < -0.3 is 4.79 Å². The number of hydrogen-bond donors (Lipinski definition) is 0. The Kier molecular flexibility index (Phi) is 4.18. The fourth-order valence-electron chi connectivity index (χ4n) is 1.37. The van der Waals surface area contributed by atoms with Gasteiger partial charge in [0.2, 0.25) is 0 Å². The molecule has 1 aromatic carbocycles. The molecule has 84 valence electrons. The summed E-state index contributed by atoms with van der Waals surface area (Å²) in [6, 6.07) is 7.33. The first kappa shape index (κ1) is 12.4. The molecule has 16 heavy (non-hydrogen) atoms. The summed E-state index contributed by atoms with van der Waals surface area (Å²) in [6.07, 6.45) is 0.614. The van der Waals surface area contributed by atoms with Crippen LogP contribution in [0.3, 0.4) is 0 Å². The number of carbonyl (C=O) groups is 2. The van der Waals surface area contributed by atoms with Crippen LogP contribution in [0.15, 0.2) is 30.8 Å². The summed E-state index contributed by atoms with van der Waals surface area (Å²) < 4.78 is 0. The van der Waals surface area contributed by atoms with E-state index in [4.69, 9.17) is 0 Å². The van der Waals surface area contributed by atoms with Crippen LogP contribution in [-0.2, 0) is 4.79 Å². The third kappa shape index (κ3) is 3.46. The van der Waals surface area contributed by atoms with Crippen LogP contribution in [-0.4, -0.2) is 11.6 Å². The van der Waals surface area contributed by atoms with Gasteiger partial charge in [-0.25, -0.2) is 0 Å². The molecule has 0 amide bonds. The van der Waals surface area contributed by atoms with Crippen LogP contribution in [0, 0.1) is 0 Å². The van der Waals surface area contributed by atoms with E-state index in [2.05, 4.69) is 6.58 Å². The second kappa shape index (κ2) is 5.40. The fourth-order valence-corrected chi connectivity index (χ4v) is 1.37. The molecular formula is C14H16O2. The maximum atomic E-state index is 11.7. The van der Waals surface area contributed by atoms with Gasteiger partial charge in [-0.05, 0) is 19.4 Å². The molecule has 0 bridgehead atoms. The van der Waals surface area contributed by atoms with E-state index in [1.165, 1.54) is 6.92 Å². The van der Waals surface area contributed by atoms with E-state index in [0.29, 0.717) is 18.4 Å². The largest absolute Gasteiger partial charge is 0.300 e. The zero-order valence-corrected chi connectivity index (χ0v) is 9.75. The number of ketones is 2. The third-order valence-corrected chi connectivity index (χ3v) is 2.40. The zero-order chi connectivity index (χ0) is 12.1. The first-order valence-electron chi connectivity index (χ1n) is 5.29. The molecule has 1 aromatic rings. The summed E-state index contributed by atoms with van der Waals surface area (Å²) in [7, 11) is 0. The Labute approximate surface area is 96.0 Å². The molecule has 0 aliphatic carbocycles. The predicted octanol–water partition coefficient (Wildman–Crippen LogP) is 3.27. The zero-order valence-electron chi connectivity index (χ0n) is 9.75. The van der Waals surface area contributed by atoms with Gasteiger partial charge in [-0.3, -0.25) is 4.79 Å². The van der Waals surface area contributed by atoms with E-state index in [0.717, 1.165) is 11.1 Å². The lowest BCUT2D eigenvalue weighted by atomic mass is 10.0. The van der Waals surface area contributed by atoms with Gasteiger partial charge in [-0.2, -0.15) is 0 Å². The van der Waals surface area contributed by atoms with Gasteiger partial charge in [0.1, 0.15) is 5.78 Å². The lowest BCUT2D eigenvalue weighted by molar-refractivity contribution is -0.116.